The third-order valence-corrected chi connectivity index (χ3v) is 11.7. The van der Waals surface area contributed by atoms with Crippen LogP contribution in [0.4, 0.5) is 0 Å². The van der Waals surface area contributed by atoms with Crippen molar-refractivity contribution in [1.29, 1.82) is 0 Å². The van der Waals surface area contributed by atoms with Gasteiger partial charge in [-0.1, -0.05) is 152 Å². The van der Waals surface area contributed by atoms with Gasteiger partial charge in [0.2, 0.25) is 0 Å². The fraction of sp³-hybridized carbons (Fsp3) is 0. The van der Waals surface area contributed by atoms with E-state index in [-0.39, 0.29) is 0 Å². The molecule has 0 unspecified atom stereocenters. The van der Waals surface area contributed by atoms with Gasteiger partial charge in [-0.3, -0.25) is 0 Å². The minimum atomic E-state index is 0.855. The van der Waals surface area contributed by atoms with Gasteiger partial charge < -0.3 is 8.98 Å². The molecular weight excluding hydrogens is 705 g/mol. The van der Waals surface area contributed by atoms with E-state index >= 15 is 0 Å². The Kier molecular flexibility index (Phi) is 7.23. The largest absolute Gasteiger partial charge is 0.456 e. The van der Waals surface area contributed by atoms with E-state index in [0.717, 1.165) is 77.4 Å². The Labute approximate surface area is 334 Å². The van der Waals surface area contributed by atoms with Crippen molar-refractivity contribution >= 4 is 65.4 Å². The Morgan fingerprint density at radius 1 is 0.362 bits per heavy atom. The molecule has 0 N–H and O–H groups in total. The van der Waals surface area contributed by atoms with Crippen LogP contribution in [-0.4, -0.2) is 9.55 Å². The number of rotatable bonds is 5. The molecule has 0 aliphatic carbocycles. The summed E-state index contributed by atoms with van der Waals surface area (Å²) >= 11 is 0. The van der Waals surface area contributed by atoms with E-state index in [1.807, 2.05) is 6.07 Å². The van der Waals surface area contributed by atoms with E-state index in [4.69, 9.17) is 9.40 Å². The van der Waals surface area contributed by atoms with Gasteiger partial charge in [-0.2, -0.15) is 0 Å². The predicted molar refractivity (Wildman–Crippen MR) is 243 cm³/mol. The van der Waals surface area contributed by atoms with Crippen molar-refractivity contribution in [3.05, 3.63) is 206 Å². The van der Waals surface area contributed by atoms with Crippen LogP contribution in [0.5, 0.6) is 0 Å². The highest BCUT2D eigenvalue weighted by Crippen LogP contribution is 2.47. The maximum absolute atomic E-state index is 6.67. The van der Waals surface area contributed by atoms with Crippen molar-refractivity contribution in [2.75, 3.05) is 0 Å². The number of furan rings is 1. The van der Waals surface area contributed by atoms with E-state index < -0.39 is 0 Å². The molecule has 0 fully saturated rings. The molecular formula is C55H34N2O. The van der Waals surface area contributed by atoms with Gasteiger partial charge in [0.25, 0.3) is 0 Å². The average Bonchev–Trinajstić information content (AvgIpc) is 3.84. The number of para-hydroxylation sites is 4. The van der Waals surface area contributed by atoms with Crippen LogP contribution < -0.4 is 0 Å². The summed E-state index contributed by atoms with van der Waals surface area (Å²) in [4.78, 5) is 5.29. The molecule has 3 aromatic heterocycles. The summed E-state index contributed by atoms with van der Waals surface area (Å²) < 4.78 is 9.05. The normalized spacial score (nSPS) is 11.8. The van der Waals surface area contributed by atoms with Crippen LogP contribution in [0, 0.1) is 0 Å². The van der Waals surface area contributed by atoms with Crippen molar-refractivity contribution in [2.24, 2.45) is 0 Å². The lowest BCUT2D eigenvalue weighted by atomic mass is 9.88. The second-order valence-corrected chi connectivity index (χ2v) is 15.0. The van der Waals surface area contributed by atoms with E-state index in [0.29, 0.717) is 0 Å². The van der Waals surface area contributed by atoms with Gasteiger partial charge in [-0.25, -0.2) is 4.98 Å². The third kappa shape index (κ3) is 4.97. The highest BCUT2D eigenvalue weighted by molar-refractivity contribution is 6.28. The lowest BCUT2D eigenvalue weighted by molar-refractivity contribution is 0.669. The average molecular weight is 739 g/mol. The third-order valence-electron chi connectivity index (χ3n) is 11.7. The molecule has 9 aromatic carbocycles. The summed E-state index contributed by atoms with van der Waals surface area (Å²) in [6.45, 7) is 0. The van der Waals surface area contributed by atoms with Crippen LogP contribution in [0.1, 0.15) is 0 Å². The van der Waals surface area contributed by atoms with Gasteiger partial charge in [-0.15, -0.1) is 0 Å². The van der Waals surface area contributed by atoms with Crippen molar-refractivity contribution in [2.45, 2.75) is 0 Å². The van der Waals surface area contributed by atoms with Gasteiger partial charge >= 0.3 is 0 Å². The summed E-state index contributed by atoms with van der Waals surface area (Å²) in [6.07, 6.45) is 0. The van der Waals surface area contributed by atoms with E-state index in [1.54, 1.807) is 0 Å². The number of benzene rings is 9. The Hall–Kier alpha value is -7.75. The highest BCUT2D eigenvalue weighted by Gasteiger charge is 2.22. The number of nitrogens with zero attached hydrogens (tertiary/aromatic N) is 2. The molecule has 12 aromatic rings. The molecule has 12 rings (SSSR count). The van der Waals surface area contributed by atoms with Crippen LogP contribution in [0.2, 0.25) is 0 Å². The Morgan fingerprint density at radius 2 is 0.966 bits per heavy atom. The van der Waals surface area contributed by atoms with Crippen LogP contribution in [0.15, 0.2) is 211 Å². The Morgan fingerprint density at radius 3 is 1.79 bits per heavy atom. The van der Waals surface area contributed by atoms with Crippen LogP contribution in [-0.2, 0) is 0 Å². The smallest absolute Gasteiger partial charge is 0.136 e. The molecule has 3 nitrogen and oxygen atoms in total. The van der Waals surface area contributed by atoms with Crippen molar-refractivity contribution in [3.63, 3.8) is 0 Å². The van der Waals surface area contributed by atoms with Gasteiger partial charge in [0, 0.05) is 54.5 Å². The number of aromatic nitrogens is 2. The second-order valence-electron chi connectivity index (χ2n) is 15.0. The van der Waals surface area contributed by atoms with E-state index in [1.165, 1.54) is 38.3 Å². The highest BCUT2D eigenvalue weighted by atomic mass is 16.3. The van der Waals surface area contributed by atoms with Gasteiger partial charge in [0.05, 0.1) is 22.2 Å². The first-order valence-electron chi connectivity index (χ1n) is 19.8. The zero-order chi connectivity index (χ0) is 38.2. The standard InChI is InChI=1S/C55H34N2O/c1-3-16-35(17-4-1)55-45-34-50-54(44-26-9-12-31-49(44)58-50)51(53(45)42-24-7-10-28-46(42)56-55)39-21-14-19-37(33-39)36-18-13-20-38(32-36)41-27-15-30-48-52(41)43-25-8-11-29-47(43)57(48)40-22-5-2-6-23-40/h1-34H. The van der Waals surface area contributed by atoms with Crippen molar-refractivity contribution < 1.29 is 4.42 Å². The van der Waals surface area contributed by atoms with Gasteiger partial charge in [-0.05, 0) is 82.4 Å². The fourth-order valence-corrected chi connectivity index (χ4v) is 9.26. The quantitative estimate of drug-likeness (QED) is 0.165. The molecule has 0 radical (unpaired) electrons. The van der Waals surface area contributed by atoms with E-state index in [2.05, 4.69) is 205 Å². The van der Waals surface area contributed by atoms with Crippen LogP contribution in [0.25, 0.3) is 116 Å². The first kappa shape index (κ1) is 32.5. The predicted octanol–water partition coefficient (Wildman–Crippen LogP) is 15.1. The molecule has 3 heterocycles. The molecule has 0 spiro atoms. The molecule has 0 saturated carbocycles. The summed E-state index contributed by atoms with van der Waals surface area (Å²) in [5, 5.41) is 8.09. The summed E-state index contributed by atoms with van der Waals surface area (Å²) in [5.41, 5.74) is 15.3. The number of pyridine rings is 1. The first-order valence-corrected chi connectivity index (χ1v) is 19.8. The summed E-state index contributed by atoms with van der Waals surface area (Å²) in [7, 11) is 0. The molecule has 0 amide bonds. The first-order chi connectivity index (χ1) is 28.8. The Bertz CT molecular complexity index is 3560. The van der Waals surface area contributed by atoms with Crippen LogP contribution >= 0.6 is 0 Å². The molecule has 58 heavy (non-hydrogen) atoms. The van der Waals surface area contributed by atoms with Crippen molar-refractivity contribution in [1.82, 2.24) is 9.55 Å². The zero-order valence-electron chi connectivity index (χ0n) is 31.4. The number of hydrogen-bond donors (Lipinski definition) is 0. The number of hydrogen-bond acceptors (Lipinski definition) is 2. The molecule has 0 atom stereocenters. The zero-order valence-corrected chi connectivity index (χ0v) is 31.4. The molecule has 270 valence electrons. The topological polar surface area (TPSA) is 31.0 Å². The SMILES string of the molecule is c1ccc(-c2nc3ccccc3c3c(-c4cccc(-c5cccc(-c6cccc7c6c6ccccc6n7-c6ccccc6)c5)c4)c4c(cc23)oc2ccccc24)cc1. The van der Waals surface area contributed by atoms with Gasteiger partial charge in [0.15, 0.2) is 0 Å². The molecule has 0 saturated heterocycles. The lowest BCUT2D eigenvalue weighted by Gasteiger charge is -2.16. The fourth-order valence-electron chi connectivity index (χ4n) is 9.26. The summed E-state index contributed by atoms with van der Waals surface area (Å²) in [6, 6.07) is 73.8. The van der Waals surface area contributed by atoms with Crippen LogP contribution in [0.3, 0.4) is 0 Å². The second kappa shape index (κ2) is 12.9. The van der Waals surface area contributed by atoms with E-state index in [9.17, 15) is 0 Å². The molecule has 0 aliphatic heterocycles. The molecule has 0 bridgehead atoms. The molecule has 0 aliphatic rings. The minimum Gasteiger partial charge on any atom is -0.456 e. The summed E-state index contributed by atoms with van der Waals surface area (Å²) in [5.74, 6) is 0. The maximum atomic E-state index is 6.67. The number of fused-ring (bicyclic) bond motifs is 9. The minimum absolute atomic E-state index is 0.855. The van der Waals surface area contributed by atoms with Gasteiger partial charge in [0.1, 0.15) is 11.2 Å². The monoisotopic (exact) mass is 738 g/mol. The maximum Gasteiger partial charge on any atom is 0.136 e. The van der Waals surface area contributed by atoms with Crippen molar-refractivity contribution in [3.8, 4) is 50.3 Å². The molecule has 3 heteroatoms. The Balaban J connectivity index is 1.10. The lowest BCUT2D eigenvalue weighted by Crippen LogP contribution is -1.93.